The Morgan fingerprint density at radius 2 is 1.82 bits per heavy atom. The quantitative estimate of drug-likeness (QED) is 0.231. The highest BCUT2D eigenvalue weighted by molar-refractivity contribution is 5.81. The molecule has 0 atom stereocenters. The van der Waals surface area contributed by atoms with E-state index in [4.69, 9.17) is 0 Å². The number of benzene rings is 3. The van der Waals surface area contributed by atoms with Crippen molar-refractivity contribution in [3.05, 3.63) is 126 Å². The Morgan fingerprint density at radius 1 is 1.05 bits per heavy atom. The van der Waals surface area contributed by atoms with Crippen molar-refractivity contribution in [3.8, 4) is 11.4 Å². The summed E-state index contributed by atoms with van der Waals surface area (Å²) in [4.78, 5) is 4.22. The smallest absolute Gasteiger partial charge is 0.169 e. The molecule has 200 valence electrons. The van der Waals surface area contributed by atoms with E-state index in [9.17, 15) is 13.2 Å². The van der Waals surface area contributed by atoms with Crippen molar-refractivity contribution in [3.63, 3.8) is 0 Å². The van der Waals surface area contributed by atoms with Crippen LogP contribution in [0.2, 0.25) is 0 Å². The van der Waals surface area contributed by atoms with Crippen LogP contribution in [0, 0.1) is 18.6 Å². The fourth-order valence-corrected chi connectivity index (χ4v) is 4.45. The van der Waals surface area contributed by atoms with Crippen LogP contribution in [0.3, 0.4) is 0 Å². The lowest BCUT2D eigenvalue weighted by Crippen LogP contribution is -2.03. The molecule has 0 saturated heterocycles. The highest BCUT2D eigenvalue weighted by atomic mass is 19.2. The number of hydrogen-bond acceptors (Lipinski definition) is 2. The van der Waals surface area contributed by atoms with Crippen LogP contribution in [0.25, 0.3) is 28.9 Å². The molecule has 1 fully saturated rings. The molecule has 1 aliphatic rings. The Bertz CT molecular complexity index is 1530. The van der Waals surface area contributed by atoms with Crippen molar-refractivity contribution < 1.29 is 13.2 Å². The Kier molecular flexibility index (Phi) is 8.87. The lowest BCUT2D eigenvalue weighted by molar-refractivity contribution is 0.510. The predicted octanol–water partition coefficient (Wildman–Crippen LogP) is 9.26. The molecule has 1 aromatic heterocycles. The van der Waals surface area contributed by atoms with E-state index in [1.54, 1.807) is 23.2 Å². The first-order chi connectivity index (χ1) is 18.9. The molecule has 0 bridgehead atoms. The summed E-state index contributed by atoms with van der Waals surface area (Å²) in [5, 5.41) is 3.51. The number of hydrogen-bond donors (Lipinski definition) is 1. The molecule has 3 aromatic carbocycles. The van der Waals surface area contributed by atoms with E-state index in [1.165, 1.54) is 36.1 Å². The van der Waals surface area contributed by atoms with Crippen molar-refractivity contribution in [2.75, 3.05) is 12.5 Å². The van der Waals surface area contributed by atoms with Gasteiger partial charge >= 0.3 is 0 Å². The molecule has 0 unspecified atom stereocenters. The molecule has 4 aromatic rings. The number of halogens is 3. The average Bonchev–Trinajstić information content (AvgIpc) is 3.70. The van der Waals surface area contributed by atoms with Gasteiger partial charge in [-0.3, -0.25) is 4.39 Å². The molecular formula is C33H32F3N3. The third-order valence-electron chi connectivity index (χ3n) is 6.74. The van der Waals surface area contributed by atoms with Crippen LogP contribution >= 0.6 is 0 Å². The number of nitrogens with zero attached hydrogens (tertiary/aromatic N) is 2. The second-order valence-corrected chi connectivity index (χ2v) is 9.45. The third kappa shape index (κ3) is 6.40. The summed E-state index contributed by atoms with van der Waals surface area (Å²) >= 11 is 0. The van der Waals surface area contributed by atoms with E-state index in [-0.39, 0.29) is 5.56 Å². The molecular weight excluding hydrogens is 495 g/mol. The van der Waals surface area contributed by atoms with Gasteiger partial charge in [0.1, 0.15) is 5.82 Å². The summed E-state index contributed by atoms with van der Waals surface area (Å²) < 4.78 is 39.2. The van der Waals surface area contributed by atoms with Crippen molar-refractivity contribution >= 4 is 23.2 Å². The van der Waals surface area contributed by atoms with Crippen LogP contribution in [-0.2, 0) is 0 Å². The molecule has 6 heteroatoms. The maximum atomic E-state index is 14.3. The van der Waals surface area contributed by atoms with Gasteiger partial charge < -0.3 is 9.88 Å². The average molecular weight is 528 g/mol. The number of anilines is 1. The lowest BCUT2D eigenvalue weighted by Gasteiger charge is -2.17. The normalized spacial score (nSPS) is 13.2. The van der Waals surface area contributed by atoms with Crippen LogP contribution in [0.1, 0.15) is 47.9 Å². The second-order valence-electron chi connectivity index (χ2n) is 9.45. The summed E-state index contributed by atoms with van der Waals surface area (Å²) in [6.45, 7) is 8.51. The van der Waals surface area contributed by atoms with E-state index >= 15 is 0 Å². The fourth-order valence-electron chi connectivity index (χ4n) is 4.45. The zero-order valence-corrected chi connectivity index (χ0v) is 22.4. The molecule has 1 aliphatic carbocycles. The second kappa shape index (κ2) is 12.5. The molecule has 1 saturated carbocycles. The number of imidazole rings is 1. The molecule has 0 aliphatic heterocycles. The van der Waals surface area contributed by atoms with Gasteiger partial charge in [0.15, 0.2) is 11.6 Å². The van der Waals surface area contributed by atoms with Crippen molar-refractivity contribution in [2.45, 2.75) is 32.6 Å². The fraction of sp³-hybridized carbons (Fsp3) is 0.182. The molecule has 0 amide bonds. The number of rotatable bonds is 8. The van der Waals surface area contributed by atoms with Gasteiger partial charge in [0.2, 0.25) is 0 Å². The minimum absolute atomic E-state index is 0.121. The van der Waals surface area contributed by atoms with Crippen molar-refractivity contribution in [1.82, 2.24) is 9.55 Å². The Hall–Kier alpha value is -4.32. The first kappa shape index (κ1) is 27.7. The maximum absolute atomic E-state index is 14.3. The van der Waals surface area contributed by atoms with Gasteiger partial charge in [-0.15, -0.1) is 0 Å². The standard InChI is InChI=1S/C32H29F2N3.CH3F/c1-21(9-7-18-37-19-17-35-32(37)27-10-6-11-29(33)31(27)34)25-15-16-26(24-13-14-24)28(20-25)23(3)36-30-12-5-4-8-22(30)2;1-2/h4-12,15-20,24,36H,3,13-14H2,1-2H3;1H3/b18-7-,21-9+;. The van der Waals surface area contributed by atoms with Crippen LogP contribution in [-0.4, -0.2) is 16.7 Å². The summed E-state index contributed by atoms with van der Waals surface area (Å²) in [5.74, 6) is -0.867. The zero-order chi connectivity index (χ0) is 27.9. The van der Waals surface area contributed by atoms with Gasteiger partial charge in [-0.2, -0.15) is 0 Å². The van der Waals surface area contributed by atoms with Crippen LogP contribution in [0.15, 0.2) is 91.8 Å². The molecule has 0 radical (unpaired) electrons. The number of alkyl halides is 1. The van der Waals surface area contributed by atoms with Gasteiger partial charge in [-0.1, -0.05) is 49.1 Å². The first-order valence-electron chi connectivity index (χ1n) is 12.8. The summed E-state index contributed by atoms with van der Waals surface area (Å²) in [7, 11) is 0.500. The Balaban J connectivity index is 0.00000172. The van der Waals surface area contributed by atoms with Crippen LogP contribution < -0.4 is 5.32 Å². The number of allylic oxidation sites excluding steroid dienone is 3. The SMILES string of the molecule is C=C(Nc1ccccc1C)c1cc(/C(C)=C/C=C\n2ccnc2-c2cccc(F)c2F)ccc1C1CC1.CF. The molecule has 1 heterocycles. The Labute approximate surface area is 228 Å². The number of aryl methyl sites for hydroxylation is 1. The monoisotopic (exact) mass is 527 g/mol. The minimum atomic E-state index is -0.905. The van der Waals surface area contributed by atoms with E-state index < -0.39 is 11.6 Å². The van der Waals surface area contributed by atoms with Crippen molar-refractivity contribution in [1.29, 1.82) is 0 Å². The van der Waals surface area contributed by atoms with Gasteiger partial charge in [-0.25, -0.2) is 13.8 Å². The first-order valence-corrected chi connectivity index (χ1v) is 12.8. The van der Waals surface area contributed by atoms with E-state index in [1.807, 2.05) is 24.3 Å². The van der Waals surface area contributed by atoms with Gasteiger partial charge in [0, 0.05) is 35.5 Å². The molecule has 5 rings (SSSR count). The lowest BCUT2D eigenvalue weighted by atomic mass is 9.95. The van der Waals surface area contributed by atoms with Crippen LogP contribution in [0.4, 0.5) is 18.9 Å². The molecule has 3 nitrogen and oxygen atoms in total. The molecule has 39 heavy (non-hydrogen) atoms. The summed E-state index contributed by atoms with van der Waals surface area (Å²) in [5.41, 5.74) is 7.88. The number of aromatic nitrogens is 2. The summed E-state index contributed by atoms with van der Waals surface area (Å²) in [6, 6.07) is 18.9. The number of nitrogens with one attached hydrogen (secondary N) is 1. The van der Waals surface area contributed by atoms with Crippen molar-refractivity contribution in [2.24, 2.45) is 0 Å². The maximum Gasteiger partial charge on any atom is 0.169 e. The zero-order valence-electron chi connectivity index (χ0n) is 22.4. The van der Waals surface area contributed by atoms with E-state index in [2.05, 4.69) is 61.1 Å². The minimum Gasteiger partial charge on any atom is -0.355 e. The molecule has 1 N–H and O–H groups in total. The van der Waals surface area contributed by atoms with Crippen LogP contribution in [0.5, 0.6) is 0 Å². The Morgan fingerprint density at radius 3 is 2.56 bits per heavy atom. The topological polar surface area (TPSA) is 29.9 Å². The van der Waals surface area contributed by atoms with Gasteiger partial charge in [0.05, 0.1) is 12.7 Å². The highest BCUT2D eigenvalue weighted by Gasteiger charge is 2.27. The van der Waals surface area contributed by atoms with Gasteiger partial charge in [-0.05, 0) is 85.2 Å². The largest absolute Gasteiger partial charge is 0.355 e. The third-order valence-corrected chi connectivity index (χ3v) is 6.74. The molecule has 0 spiro atoms. The predicted molar refractivity (Wildman–Crippen MR) is 156 cm³/mol. The summed E-state index contributed by atoms with van der Waals surface area (Å²) in [6.07, 6.45) is 11.4. The number of para-hydroxylation sites is 1. The van der Waals surface area contributed by atoms with Gasteiger partial charge in [0.25, 0.3) is 0 Å². The van der Waals surface area contributed by atoms with E-state index in [0.29, 0.717) is 18.9 Å². The van der Waals surface area contributed by atoms with E-state index in [0.717, 1.165) is 34.2 Å². The highest BCUT2D eigenvalue weighted by Crippen LogP contribution is 2.43.